The van der Waals surface area contributed by atoms with E-state index < -0.39 is 20.9 Å². The first-order valence-electron chi connectivity index (χ1n) is 8.15. The SMILES string of the molecule is CCCNS(=O)(=O)c1ccc(NC(=O)/C=C/c2ccccc2[N+](=O)[O-])cc1. The summed E-state index contributed by atoms with van der Waals surface area (Å²) < 4.78 is 26.5. The van der Waals surface area contributed by atoms with Crippen LogP contribution >= 0.6 is 0 Å². The second-order valence-corrected chi connectivity index (χ2v) is 7.33. The second kappa shape index (κ2) is 9.06. The fourth-order valence-electron chi connectivity index (χ4n) is 2.18. The van der Waals surface area contributed by atoms with Crippen LogP contribution in [0, 0.1) is 10.1 Å². The average Bonchev–Trinajstić information content (AvgIpc) is 2.65. The number of hydrogen-bond acceptors (Lipinski definition) is 5. The zero-order valence-electron chi connectivity index (χ0n) is 14.6. The van der Waals surface area contributed by atoms with Gasteiger partial charge in [-0.15, -0.1) is 0 Å². The van der Waals surface area contributed by atoms with E-state index >= 15 is 0 Å². The van der Waals surface area contributed by atoms with Crippen LogP contribution in [0.4, 0.5) is 11.4 Å². The lowest BCUT2D eigenvalue weighted by Crippen LogP contribution is -2.24. The van der Waals surface area contributed by atoms with Crippen molar-refractivity contribution in [2.24, 2.45) is 0 Å². The Morgan fingerprint density at radius 2 is 1.81 bits per heavy atom. The van der Waals surface area contributed by atoms with Crippen molar-refractivity contribution in [3.63, 3.8) is 0 Å². The molecule has 0 bridgehead atoms. The molecular weight excluding hydrogens is 370 g/mol. The third-order valence-electron chi connectivity index (χ3n) is 3.52. The highest BCUT2D eigenvalue weighted by molar-refractivity contribution is 7.89. The molecule has 0 fully saturated rings. The summed E-state index contributed by atoms with van der Waals surface area (Å²) in [6.07, 6.45) is 3.20. The number of carbonyl (C=O) groups is 1. The quantitative estimate of drug-likeness (QED) is 0.409. The van der Waals surface area contributed by atoms with Gasteiger partial charge in [-0.2, -0.15) is 0 Å². The van der Waals surface area contributed by atoms with Crippen LogP contribution in [0.15, 0.2) is 59.5 Å². The molecule has 0 saturated heterocycles. The number of nitrogens with zero attached hydrogens (tertiary/aromatic N) is 1. The maximum atomic E-state index is 12.0. The molecule has 0 unspecified atom stereocenters. The molecule has 0 spiro atoms. The summed E-state index contributed by atoms with van der Waals surface area (Å²) in [5.41, 5.74) is 0.610. The molecule has 27 heavy (non-hydrogen) atoms. The average molecular weight is 389 g/mol. The van der Waals surface area contributed by atoms with Gasteiger partial charge >= 0.3 is 0 Å². The standard InChI is InChI=1S/C18H19N3O5S/c1-2-13-19-27(25,26)16-10-8-15(9-11-16)20-18(22)12-7-14-5-3-4-6-17(14)21(23)24/h3-12,19H,2,13H2,1H3,(H,20,22)/b12-7+. The number of hydrogen-bond donors (Lipinski definition) is 2. The summed E-state index contributed by atoms with van der Waals surface area (Å²) in [5, 5.41) is 13.5. The van der Waals surface area contributed by atoms with E-state index in [4.69, 9.17) is 0 Å². The lowest BCUT2D eigenvalue weighted by Gasteiger charge is -2.07. The van der Waals surface area contributed by atoms with Crippen LogP contribution in [-0.2, 0) is 14.8 Å². The molecule has 9 heteroatoms. The monoisotopic (exact) mass is 389 g/mol. The Bertz CT molecular complexity index is 953. The normalized spacial score (nSPS) is 11.4. The molecule has 0 aromatic heterocycles. The van der Waals surface area contributed by atoms with Crippen molar-refractivity contribution in [3.05, 3.63) is 70.3 Å². The van der Waals surface area contributed by atoms with Crippen LogP contribution in [0.3, 0.4) is 0 Å². The molecule has 2 aromatic rings. The maximum absolute atomic E-state index is 12.0. The van der Waals surface area contributed by atoms with Gasteiger partial charge in [-0.25, -0.2) is 13.1 Å². The molecule has 1 amide bonds. The Kier molecular flexibility index (Phi) is 6.80. The molecule has 2 aromatic carbocycles. The summed E-state index contributed by atoms with van der Waals surface area (Å²) in [5.74, 6) is -0.493. The van der Waals surface area contributed by atoms with Gasteiger partial charge in [-0.05, 0) is 42.8 Å². The molecule has 0 aliphatic rings. The molecule has 0 heterocycles. The fraction of sp³-hybridized carbons (Fsp3) is 0.167. The molecule has 2 rings (SSSR count). The van der Waals surface area contributed by atoms with Crippen molar-refractivity contribution in [2.45, 2.75) is 18.2 Å². The van der Waals surface area contributed by atoms with Crippen molar-refractivity contribution in [3.8, 4) is 0 Å². The van der Waals surface area contributed by atoms with E-state index in [0.717, 1.165) is 0 Å². The van der Waals surface area contributed by atoms with Gasteiger partial charge in [-0.1, -0.05) is 19.1 Å². The highest BCUT2D eigenvalue weighted by Crippen LogP contribution is 2.19. The minimum atomic E-state index is -3.57. The number of nitro benzene ring substituents is 1. The lowest BCUT2D eigenvalue weighted by atomic mass is 10.1. The van der Waals surface area contributed by atoms with Gasteiger partial charge in [0.05, 0.1) is 15.4 Å². The van der Waals surface area contributed by atoms with Gasteiger partial charge in [-0.3, -0.25) is 14.9 Å². The molecule has 0 saturated carbocycles. The van der Waals surface area contributed by atoms with Crippen molar-refractivity contribution in [1.82, 2.24) is 4.72 Å². The smallest absolute Gasteiger partial charge is 0.276 e. The molecule has 0 aliphatic heterocycles. The third-order valence-corrected chi connectivity index (χ3v) is 5.00. The van der Waals surface area contributed by atoms with E-state index in [1.807, 2.05) is 6.92 Å². The van der Waals surface area contributed by atoms with Gasteiger partial charge in [0.1, 0.15) is 0 Å². The van der Waals surface area contributed by atoms with E-state index in [1.165, 1.54) is 48.6 Å². The molecule has 0 atom stereocenters. The third kappa shape index (κ3) is 5.73. The van der Waals surface area contributed by atoms with Crippen LogP contribution in [-0.4, -0.2) is 25.8 Å². The zero-order valence-corrected chi connectivity index (χ0v) is 15.4. The van der Waals surface area contributed by atoms with E-state index in [2.05, 4.69) is 10.0 Å². The van der Waals surface area contributed by atoms with Gasteiger partial charge in [0.2, 0.25) is 15.9 Å². The number of nitrogens with one attached hydrogen (secondary N) is 2. The summed E-state index contributed by atoms with van der Waals surface area (Å²) in [4.78, 5) is 22.5. The minimum Gasteiger partial charge on any atom is -0.323 e. The van der Waals surface area contributed by atoms with Gasteiger partial charge in [0, 0.05) is 24.4 Å². The number of amides is 1. The Labute approximate surface area is 157 Å². The number of para-hydroxylation sites is 1. The molecule has 2 N–H and O–H groups in total. The number of carbonyl (C=O) groups excluding carboxylic acids is 1. The predicted octanol–water partition coefficient (Wildman–Crippen LogP) is 2.94. The van der Waals surface area contributed by atoms with E-state index in [1.54, 1.807) is 12.1 Å². The number of nitro groups is 1. The molecule has 142 valence electrons. The van der Waals surface area contributed by atoms with Gasteiger partial charge in [0.15, 0.2) is 0 Å². The highest BCUT2D eigenvalue weighted by Gasteiger charge is 2.13. The van der Waals surface area contributed by atoms with E-state index in [9.17, 15) is 23.3 Å². The topological polar surface area (TPSA) is 118 Å². The Morgan fingerprint density at radius 3 is 2.44 bits per heavy atom. The lowest BCUT2D eigenvalue weighted by molar-refractivity contribution is -0.385. The van der Waals surface area contributed by atoms with Crippen molar-refractivity contribution >= 4 is 33.4 Å². The first-order valence-corrected chi connectivity index (χ1v) is 9.64. The van der Waals surface area contributed by atoms with E-state index in [-0.39, 0.29) is 10.6 Å². The van der Waals surface area contributed by atoms with Crippen LogP contribution in [0.2, 0.25) is 0 Å². The van der Waals surface area contributed by atoms with Crippen molar-refractivity contribution < 1.29 is 18.1 Å². The number of sulfonamides is 1. The molecule has 8 nitrogen and oxygen atoms in total. The van der Waals surface area contributed by atoms with Crippen molar-refractivity contribution in [2.75, 3.05) is 11.9 Å². The first kappa shape index (κ1) is 20.3. The maximum Gasteiger partial charge on any atom is 0.276 e. The Hall–Kier alpha value is -3.04. The fourth-order valence-corrected chi connectivity index (χ4v) is 3.32. The van der Waals surface area contributed by atoms with Crippen molar-refractivity contribution in [1.29, 1.82) is 0 Å². The number of rotatable bonds is 8. The summed E-state index contributed by atoms with van der Waals surface area (Å²) in [6, 6.07) is 11.8. The highest BCUT2D eigenvalue weighted by atomic mass is 32.2. The number of benzene rings is 2. The van der Waals surface area contributed by atoms with Gasteiger partial charge < -0.3 is 5.32 Å². The minimum absolute atomic E-state index is 0.101. The van der Waals surface area contributed by atoms with Crippen LogP contribution < -0.4 is 10.0 Å². The largest absolute Gasteiger partial charge is 0.323 e. The van der Waals surface area contributed by atoms with Crippen LogP contribution in [0.5, 0.6) is 0 Å². The summed E-state index contributed by atoms with van der Waals surface area (Å²) >= 11 is 0. The number of anilines is 1. The van der Waals surface area contributed by atoms with Gasteiger partial charge in [0.25, 0.3) is 5.69 Å². The Balaban J connectivity index is 2.05. The summed E-state index contributed by atoms with van der Waals surface area (Å²) in [7, 11) is -3.57. The second-order valence-electron chi connectivity index (χ2n) is 5.56. The zero-order chi connectivity index (χ0) is 19.9. The Morgan fingerprint density at radius 1 is 1.15 bits per heavy atom. The van der Waals surface area contributed by atoms with Crippen LogP contribution in [0.1, 0.15) is 18.9 Å². The summed E-state index contributed by atoms with van der Waals surface area (Å²) in [6.45, 7) is 2.20. The molecule has 0 aliphatic carbocycles. The first-order chi connectivity index (χ1) is 12.8. The van der Waals surface area contributed by atoms with Crippen LogP contribution in [0.25, 0.3) is 6.08 Å². The molecular formula is C18H19N3O5S. The van der Waals surface area contributed by atoms with E-state index in [0.29, 0.717) is 24.2 Å². The molecule has 0 radical (unpaired) electrons. The predicted molar refractivity (Wildman–Crippen MR) is 103 cm³/mol.